The first-order chi connectivity index (χ1) is 13.1. The van der Waals surface area contributed by atoms with Crippen molar-refractivity contribution < 1.29 is 23.5 Å². The number of hydrogen-bond donors (Lipinski definition) is 0. The van der Waals surface area contributed by atoms with E-state index in [1.165, 1.54) is 23.1 Å². The Balaban J connectivity index is 1.77. The molecule has 0 aliphatic heterocycles. The molecule has 0 aliphatic rings. The zero-order valence-electron chi connectivity index (χ0n) is 15.0. The molecule has 6 nitrogen and oxygen atoms in total. The fraction of sp³-hybridized carbons (Fsp3) is 0.316. The van der Waals surface area contributed by atoms with Gasteiger partial charge in [0.1, 0.15) is 9.92 Å². The predicted octanol–water partition coefficient (Wildman–Crippen LogP) is 4.46. The maximum Gasteiger partial charge on any atom is 0.374 e. The number of esters is 2. The molecule has 0 fully saturated rings. The van der Waals surface area contributed by atoms with Gasteiger partial charge in [0.2, 0.25) is 5.76 Å². The summed E-state index contributed by atoms with van der Waals surface area (Å²) in [4.78, 5) is 28.3. The van der Waals surface area contributed by atoms with Crippen molar-refractivity contribution >= 4 is 46.0 Å². The third-order valence-electron chi connectivity index (χ3n) is 3.66. The minimum absolute atomic E-state index is 0.160. The van der Waals surface area contributed by atoms with Crippen molar-refractivity contribution in [3.63, 3.8) is 0 Å². The van der Waals surface area contributed by atoms with Crippen molar-refractivity contribution in [1.82, 2.24) is 4.98 Å². The molecule has 27 heavy (non-hydrogen) atoms. The minimum atomic E-state index is -0.466. The largest absolute Gasteiger partial charge is 0.466 e. The lowest BCUT2D eigenvalue weighted by Gasteiger charge is -2.02. The van der Waals surface area contributed by atoms with Crippen molar-refractivity contribution in [2.75, 3.05) is 13.2 Å². The second-order valence-electron chi connectivity index (χ2n) is 5.50. The van der Waals surface area contributed by atoms with E-state index in [4.69, 9.17) is 13.9 Å². The lowest BCUT2D eigenvalue weighted by atomic mass is 10.1. The van der Waals surface area contributed by atoms with Crippen LogP contribution in [0.25, 0.3) is 11.0 Å². The summed E-state index contributed by atoms with van der Waals surface area (Å²) in [6.07, 6.45) is 0.160. The van der Waals surface area contributed by atoms with E-state index in [1.54, 1.807) is 13.8 Å². The second kappa shape index (κ2) is 9.05. The first-order valence-corrected chi connectivity index (χ1v) is 10.4. The summed E-state index contributed by atoms with van der Waals surface area (Å²) in [7, 11) is 0. The molecule has 0 saturated carbocycles. The predicted molar refractivity (Wildman–Crippen MR) is 104 cm³/mol. The van der Waals surface area contributed by atoms with Crippen LogP contribution in [-0.4, -0.2) is 30.1 Å². The Hall–Kier alpha value is -2.32. The van der Waals surface area contributed by atoms with E-state index in [1.807, 2.05) is 29.6 Å². The Labute approximate surface area is 164 Å². The van der Waals surface area contributed by atoms with E-state index in [9.17, 15) is 9.59 Å². The highest BCUT2D eigenvalue weighted by Crippen LogP contribution is 2.33. The quantitative estimate of drug-likeness (QED) is 0.404. The Morgan fingerprint density at radius 3 is 2.74 bits per heavy atom. The normalized spacial score (nSPS) is 10.9. The number of ether oxygens (including phenoxy) is 2. The molecular weight excluding hydrogens is 386 g/mol. The number of aromatic nitrogens is 1. The first-order valence-electron chi connectivity index (χ1n) is 8.52. The summed E-state index contributed by atoms with van der Waals surface area (Å²) in [6.45, 7) is 4.17. The smallest absolute Gasteiger partial charge is 0.374 e. The van der Waals surface area contributed by atoms with Gasteiger partial charge in [-0.25, -0.2) is 9.78 Å². The van der Waals surface area contributed by atoms with Gasteiger partial charge in [0.15, 0.2) is 0 Å². The SMILES string of the molecule is CCOC(=O)Cc1csc(SCc2c(C(=O)OCC)oc3ccccc23)n1. The maximum atomic E-state index is 12.2. The van der Waals surface area contributed by atoms with E-state index in [0.717, 1.165) is 15.3 Å². The molecule has 0 bridgehead atoms. The average Bonchev–Trinajstić information content (AvgIpc) is 3.24. The van der Waals surface area contributed by atoms with Crippen molar-refractivity contribution in [2.24, 2.45) is 0 Å². The van der Waals surface area contributed by atoms with Crippen LogP contribution in [0.4, 0.5) is 0 Å². The summed E-state index contributed by atoms with van der Waals surface area (Å²) in [5.41, 5.74) is 2.12. The molecule has 0 atom stereocenters. The molecule has 0 radical (unpaired) electrons. The molecule has 142 valence electrons. The fourth-order valence-electron chi connectivity index (χ4n) is 2.53. The maximum absolute atomic E-state index is 12.2. The van der Waals surface area contributed by atoms with Crippen LogP contribution in [0.15, 0.2) is 38.4 Å². The van der Waals surface area contributed by atoms with Gasteiger partial charge in [-0.1, -0.05) is 30.0 Å². The van der Waals surface area contributed by atoms with Gasteiger partial charge < -0.3 is 13.9 Å². The lowest BCUT2D eigenvalue weighted by Crippen LogP contribution is -2.07. The molecule has 8 heteroatoms. The summed E-state index contributed by atoms with van der Waals surface area (Å²) in [5, 5.41) is 2.73. The molecule has 1 aromatic carbocycles. The van der Waals surface area contributed by atoms with Crippen LogP contribution in [0.2, 0.25) is 0 Å². The number of para-hydroxylation sites is 1. The highest BCUT2D eigenvalue weighted by molar-refractivity contribution is 8.00. The van der Waals surface area contributed by atoms with E-state index < -0.39 is 5.97 Å². The van der Waals surface area contributed by atoms with Crippen molar-refractivity contribution in [1.29, 1.82) is 0 Å². The molecule has 2 aromatic heterocycles. The van der Waals surface area contributed by atoms with Crippen LogP contribution < -0.4 is 0 Å². The van der Waals surface area contributed by atoms with Gasteiger partial charge in [-0.15, -0.1) is 11.3 Å². The number of hydrogen-bond acceptors (Lipinski definition) is 8. The summed E-state index contributed by atoms with van der Waals surface area (Å²) < 4.78 is 16.6. The number of furan rings is 1. The molecule has 2 heterocycles. The molecule has 0 saturated heterocycles. The Morgan fingerprint density at radius 1 is 1.19 bits per heavy atom. The van der Waals surface area contributed by atoms with Gasteiger partial charge in [0.25, 0.3) is 0 Å². The average molecular weight is 405 g/mol. The van der Waals surface area contributed by atoms with E-state index in [2.05, 4.69) is 4.98 Å². The Morgan fingerprint density at radius 2 is 1.96 bits per heavy atom. The molecule has 0 unspecified atom stereocenters. The monoisotopic (exact) mass is 405 g/mol. The number of fused-ring (bicyclic) bond motifs is 1. The lowest BCUT2D eigenvalue weighted by molar-refractivity contribution is -0.142. The standard InChI is InChI=1S/C19H19NO5S2/c1-3-23-16(21)9-12-10-26-19(20-12)27-11-14-13-7-5-6-8-15(13)25-17(14)18(22)24-4-2/h5-8,10H,3-4,9,11H2,1-2H3. The second-order valence-corrected chi connectivity index (χ2v) is 7.58. The minimum Gasteiger partial charge on any atom is -0.466 e. The fourth-order valence-corrected chi connectivity index (χ4v) is 4.41. The van der Waals surface area contributed by atoms with E-state index in [0.29, 0.717) is 23.6 Å². The van der Waals surface area contributed by atoms with Crippen molar-refractivity contribution in [3.05, 3.63) is 46.7 Å². The summed E-state index contributed by atoms with van der Waals surface area (Å²) >= 11 is 2.95. The van der Waals surface area contributed by atoms with Crippen LogP contribution >= 0.6 is 23.1 Å². The molecule has 0 amide bonds. The van der Waals surface area contributed by atoms with Gasteiger partial charge in [-0.2, -0.15) is 0 Å². The Kier molecular flexibility index (Phi) is 6.52. The Bertz CT molecular complexity index is 947. The molecule has 3 rings (SSSR count). The van der Waals surface area contributed by atoms with Gasteiger partial charge in [-0.3, -0.25) is 4.79 Å². The van der Waals surface area contributed by atoms with Gasteiger partial charge in [0, 0.05) is 22.1 Å². The summed E-state index contributed by atoms with van der Waals surface area (Å²) in [5.74, 6) is -0.0117. The number of rotatable bonds is 8. The van der Waals surface area contributed by atoms with Crippen LogP contribution in [0.3, 0.4) is 0 Å². The van der Waals surface area contributed by atoms with Crippen molar-refractivity contribution in [2.45, 2.75) is 30.4 Å². The highest BCUT2D eigenvalue weighted by atomic mass is 32.2. The number of nitrogens with zero attached hydrogens (tertiary/aromatic N) is 1. The number of thioether (sulfide) groups is 1. The van der Waals surface area contributed by atoms with Crippen LogP contribution in [-0.2, 0) is 26.4 Å². The van der Waals surface area contributed by atoms with Crippen LogP contribution in [0, 0.1) is 0 Å². The number of benzene rings is 1. The van der Waals surface area contributed by atoms with Gasteiger partial charge in [-0.05, 0) is 19.9 Å². The van der Waals surface area contributed by atoms with Gasteiger partial charge in [0.05, 0.1) is 25.3 Å². The van der Waals surface area contributed by atoms with E-state index in [-0.39, 0.29) is 24.8 Å². The van der Waals surface area contributed by atoms with Gasteiger partial charge >= 0.3 is 11.9 Å². The van der Waals surface area contributed by atoms with Crippen LogP contribution in [0.1, 0.15) is 35.7 Å². The zero-order chi connectivity index (χ0) is 19.2. The molecule has 0 N–H and O–H groups in total. The zero-order valence-corrected chi connectivity index (χ0v) is 16.7. The van der Waals surface area contributed by atoms with Crippen LogP contribution in [0.5, 0.6) is 0 Å². The highest BCUT2D eigenvalue weighted by Gasteiger charge is 2.22. The summed E-state index contributed by atoms with van der Waals surface area (Å²) in [6, 6.07) is 7.51. The number of carbonyl (C=O) groups is 2. The molecule has 3 aromatic rings. The third kappa shape index (κ3) is 4.70. The molecular formula is C19H19NO5S2. The number of thiazole rings is 1. The third-order valence-corrected chi connectivity index (χ3v) is 5.76. The molecule has 0 spiro atoms. The molecule has 0 aliphatic carbocycles. The topological polar surface area (TPSA) is 78.6 Å². The van der Waals surface area contributed by atoms with Crippen molar-refractivity contribution in [3.8, 4) is 0 Å². The van der Waals surface area contributed by atoms with E-state index >= 15 is 0 Å². The number of carbonyl (C=O) groups excluding carboxylic acids is 2. The first kappa shape index (κ1) is 19.4.